The van der Waals surface area contributed by atoms with Crippen molar-refractivity contribution in [3.05, 3.63) is 37.6 Å². The van der Waals surface area contributed by atoms with E-state index in [0.717, 1.165) is 6.42 Å². The average Bonchev–Trinajstić information content (AvgIpc) is 3.00. The summed E-state index contributed by atoms with van der Waals surface area (Å²) in [5.41, 5.74) is -0.339. The molecule has 0 saturated heterocycles. The molecule has 0 amide bonds. The lowest BCUT2D eigenvalue weighted by molar-refractivity contribution is 0.552. The summed E-state index contributed by atoms with van der Waals surface area (Å²) >= 11 is 3.21. The molecule has 3 aromatic heterocycles. The van der Waals surface area contributed by atoms with Gasteiger partial charge in [-0.15, -0.1) is 0 Å². The fourth-order valence-corrected chi connectivity index (χ4v) is 2.34. The van der Waals surface area contributed by atoms with E-state index in [1.54, 1.807) is 12.1 Å². The smallest absolute Gasteiger partial charge is 0.330 e. The van der Waals surface area contributed by atoms with Gasteiger partial charge in [0.15, 0.2) is 21.9 Å². The molecule has 0 saturated carbocycles. The van der Waals surface area contributed by atoms with Gasteiger partial charge in [-0.05, 0) is 34.5 Å². The average molecular weight is 339 g/mol. The van der Waals surface area contributed by atoms with E-state index in [2.05, 4.69) is 30.9 Å². The normalized spacial score (nSPS) is 11.3. The molecule has 0 unspecified atom stereocenters. The van der Waals surface area contributed by atoms with Crippen molar-refractivity contribution in [1.29, 1.82) is 0 Å². The third-order valence-corrected chi connectivity index (χ3v) is 3.31. The van der Waals surface area contributed by atoms with Gasteiger partial charge in [-0.2, -0.15) is 0 Å². The van der Waals surface area contributed by atoms with Crippen molar-refractivity contribution in [3.63, 3.8) is 0 Å². The number of imidazole rings is 1. The summed E-state index contributed by atoms with van der Waals surface area (Å²) in [6.07, 6.45) is 0.759. The third-order valence-electron chi connectivity index (χ3n) is 2.89. The van der Waals surface area contributed by atoms with Gasteiger partial charge < -0.3 is 9.40 Å². The van der Waals surface area contributed by atoms with Crippen molar-refractivity contribution in [1.82, 2.24) is 19.5 Å². The van der Waals surface area contributed by atoms with Crippen molar-refractivity contribution in [2.24, 2.45) is 0 Å². The van der Waals surface area contributed by atoms with Crippen molar-refractivity contribution in [2.75, 3.05) is 0 Å². The van der Waals surface area contributed by atoms with Crippen LogP contribution in [0.25, 0.3) is 22.7 Å². The van der Waals surface area contributed by atoms with Crippen molar-refractivity contribution >= 4 is 27.1 Å². The molecule has 3 heterocycles. The fourth-order valence-electron chi connectivity index (χ4n) is 2.03. The minimum Gasteiger partial charge on any atom is -0.446 e. The molecule has 0 aliphatic rings. The largest absolute Gasteiger partial charge is 0.446 e. The van der Waals surface area contributed by atoms with E-state index in [1.807, 2.05) is 6.92 Å². The van der Waals surface area contributed by atoms with E-state index in [4.69, 9.17) is 4.42 Å². The number of hydrogen-bond donors (Lipinski definition) is 2. The Balaban J connectivity index is 2.29. The summed E-state index contributed by atoms with van der Waals surface area (Å²) < 4.78 is 7.39. The number of H-pyrrole nitrogens is 2. The Hall–Kier alpha value is -2.09. The van der Waals surface area contributed by atoms with Crippen LogP contribution in [0.3, 0.4) is 0 Å². The van der Waals surface area contributed by atoms with Gasteiger partial charge in [0.25, 0.3) is 5.56 Å². The Bertz CT molecular complexity index is 886. The van der Waals surface area contributed by atoms with Crippen molar-refractivity contribution < 1.29 is 4.42 Å². The first-order valence-electron chi connectivity index (χ1n) is 6.08. The maximum atomic E-state index is 11.8. The Kier molecular flexibility index (Phi) is 3.09. The van der Waals surface area contributed by atoms with E-state index in [9.17, 15) is 9.59 Å². The number of rotatable bonds is 3. The fraction of sp³-hybridized carbons (Fsp3) is 0.250. The molecule has 8 heteroatoms. The number of aromatic amines is 2. The van der Waals surface area contributed by atoms with Crippen LogP contribution in [0.1, 0.15) is 13.3 Å². The summed E-state index contributed by atoms with van der Waals surface area (Å²) in [7, 11) is 0. The number of halogens is 1. The van der Waals surface area contributed by atoms with Crippen LogP contribution in [0, 0.1) is 0 Å². The second-order valence-corrected chi connectivity index (χ2v) is 5.08. The van der Waals surface area contributed by atoms with E-state index in [0.29, 0.717) is 28.4 Å². The lowest BCUT2D eigenvalue weighted by atomic mass is 10.4. The van der Waals surface area contributed by atoms with Crippen LogP contribution in [0.4, 0.5) is 0 Å². The molecule has 0 atom stereocenters. The number of nitrogens with zero attached hydrogens (tertiary/aromatic N) is 2. The predicted octanol–water partition coefficient (Wildman–Crippen LogP) is 1.85. The number of fused-ring (bicyclic) bond motifs is 1. The van der Waals surface area contributed by atoms with Crippen LogP contribution in [-0.2, 0) is 6.54 Å². The summed E-state index contributed by atoms with van der Waals surface area (Å²) in [6.45, 7) is 2.43. The van der Waals surface area contributed by atoms with E-state index < -0.39 is 11.2 Å². The quantitative estimate of drug-likeness (QED) is 0.761. The van der Waals surface area contributed by atoms with Crippen LogP contribution in [-0.4, -0.2) is 19.5 Å². The van der Waals surface area contributed by atoms with Gasteiger partial charge in [0.1, 0.15) is 5.52 Å². The highest BCUT2D eigenvalue weighted by Gasteiger charge is 2.15. The zero-order chi connectivity index (χ0) is 14.3. The van der Waals surface area contributed by atoms with Crippen LogP contribution in [0.15, 0.2) is 30.8 Å². The predicted molar refractivity (Wildman–Crippen MR) is 76.7 cm³/mol. The number of nitrogens with one attached hydrogen (secondary N) is 2. The van der Waals surface area contributed by atoms with Crippen LogP contribution >= 0.6 is 15.9 Å². The lowest BCUT2D eigenvalue weighted by Crippen LogP contribution is -2.30. The highest BCUT2D eigenvalue weighted by molar-refractivity contribution is 9.10. The summed E-state index contributed by atoms with van der Waals surface area (Å²) in [5, 5.41) is 0. The van der Waals surface area contributed by atoms with E-state index >= 15 is 0 Å². The minimum absolute atomic E-state index is 0.264. The van der Waals surface area contributed by atoms with Crippen molar-refractivity contribution in [3.8, 4) is 11.6 Å². The van der Waals surface area contributed by atoms with Crippen LogP contribution < -0.4 is 11.2 Å². The number of furan rings is 1. The maximum Gasteiger partial charge on any atom is 0.330 e. The number of aryl methyl sites for hydroxylation is 1. The zero-order valence-electron chi connectivity index (χ0n) is 10.6. The zero-order valence-corrected chi connectivity index (χ0v) is 12.2. The van der Waals surface area contributed by atoms with Gasteiger partial charge in [0.05, 0.1) is 0 Å². The Morgan fingerprint density at radius 3 is 2.80 bits per heavy atom. The van der Waals surface area contributed by atoms with Gasteiger partial charge >= 0.3 is 5.69 Å². The third kappa shape index (κ3) is 2.01. The summed E-state index contributed by atoms with van der Waals surface area (Å²) in [4.78, 5) is 33.1. The van der Waals surface area contributed by atoms with Crippen LogP contribution in [0.5, 0.6) is 0 Å². The summed E-state index contributed by atoms with van der Waals surface area (Å²) in [5.74, 6) is 0.898. The molecule has 7 nitrogen and oxygen atoms in total. The molecule has 0 aromatic carbocycles. The monoisotopic (exact) mass is 338 g/mol. The molecule has 3 aromatic rings. The van der Waals surface area contributed by atoms with Gasteiger partial charge in [-0.25, -0.2) is 9.78 Å². The molecule has 3 rings (SSSR count). The second-order valence-electron chi connectivity index (χ2n) is 4.30. The summed E-state index contributed by atoms with van der Waals surface area (Å²) in [6, 6.07) is 3.45. The van der Waals surface area contributed by atoms with E-state index in [1.165, 1.54) is 4.57 Å². The van der Waals surface area contributed by atoms with Gasteiger partial charge in [-0.3, -0.25) is 14.3 Å². The Morgan fingerprint density at radius 1 is 1.35 bits per heavy atom. The standard InChI is InChI=1S/C12H11BrN4O3/c1-2-5-17-10-8(11(18)16-12(17)19)14-9(15-10)6-3-4-7(13)20-6/h3-4H,2,5H2,1H3,(H,14,15)(H,16,18,19). The lowest BCUT2D eigenvalue weighted by Gasteiger charge is -2.02. The Morgan fingerprint density at radius 2 is 2.15 bits per heavy atom. The highest BCUT2D eigenvalue weighted by Crippen LogP contribution is 2.23. The van der Waals surface area contributed by atoms with Gasteiger partial charge in [-0.1, -0.05) is 6.92 Å². The van der Waals surface area contributed by atoms with Gasteiger partial charge in [0.2, 0.25) is 0 Å². The molecule has 0 radical (unpaired) electrons. The molecule has 0 bridgehead atoms. The number of aromatic nitrogens is 4. The first kappa shape index (κ1) is 12.9. The topological polar surface area (TPSA) is 96.7 Å². The van der Waals surface area contributed by atoms with Gasteiger partial charge in [0, 0.05) is 6.54 Å². The SMILES string of the molecule is CCCn1c(=O)[nH]c(=O)c2[nH]c(-c3ccc(Br)o3)nc21. The number of hydrogen-bond acceptors (Lipinski definition) is 4. The molecule has 20 heavy (non-hydrogen) atoms. The maximum absolute atomic E-state index is 11.8. The molecular formula is C12H11BrN4O3. The molecule has 0 fully saturated rings. The van der Waals surface area contributed by atoms with Crippen LogP contribution in [0.2, 0.25) is 0 Å². The second kappa shape index (κ2) is 4.78. The molecule has 2 N–H and O–H groups in total. The first-order valence-corrected chi connectivity index (χ1v) is 6.88. The van der Waals surface area contributed by atoms with E-state index in [-0.39, 0.29) is 5.52 Å². The van der Waals surface area contributed by atoms with Crippen molar-refractivity contribution in [2.45, 2.75) is 19.9 Å². The molecule has 104 valence electrons. The first-order chi connectivity index (χ1) is 9.60. The molecule has 0 spiro atoms. The highest BCUT2D eigenvalue weighted by atomic mass is 79.9. The molecule has 0 aliphatic heterocycles. The molecule has 0 aliphatic carbocycles. The Labute approximate surface area is 120 Å². The molecular weight excluding hydrogens is 328 g/mol. The minimum atomic E-state index is -0.485.